The van der Waals surface area contributed by atoms with Gasteiger partial charge in [0, 0.05) is 23.2 Å². The molecule has 0 unspecified atom stereocenters. The summed E-state index contributed by atoms with van der Waals surface area (Å²) in [5, 5.41) is 5.10. The minimum atomic E-state index is -0.0616. The first-order valence-corrected chi connectivity index (χ1v) is 9.81. The predicted octanol–water partition coefficient (Wildman–Crippen LogP) is 4.41. The van der Waals surface area contributed by atoms with Gasteiger partial charge in [0.1, 0.15) is 0 Å². The topological polar surface area (TPSA) is 45.2 Å². The van der Waals surface area contributed by atoms with Gasteiger partial charge in [-0.2, -0.15) is 0 Å². The molecular formula is C21H21N3OS. The maximum absolute atomic E-state index is 12.8. The Morgan fingerprint density at radius 3 is 2.69 bits per heavy atom. The van der Waals surface area contributed by atoms with E-state index in [4.69, 9.17) is 0 Å². The van der Waals surface area contributed by atoms with Gasteiger partial charge in [0.15, 0.2) is 0 Å². The molecule has 1 N–H and O–H groups in total. The molecule has 0 radical (unpaired) electrons. The Labute approximate surface area is 157 Å². The number of anilines is 1. The highest BCUT2D eigenvalue weighted by Gasteiger charge is 2.30. The Morgan fingerprint density at radius 2 is 1.96 bits per heavy atom. The summed E-state index contributed by atoms with van der Waals surface area (Å²) >= 11 is 1.58. The van der Waals surface area contributed by atoms with E-state index >= 15 is 0 Å². The summed E-state index contributed by atoms with van der Waals surface area (Å²) in [6, 6.07) is 18.2. The Bertz CT molecular complexity index is 847. The first-order valence-electron chi connectivity index (χ1n) is 8.87. The van der Waals surface area contributed by atoms with Crippen molar-refractivity contribution in [1.29, 1.82) is 0 Å². The van der Waals surface area contributed by atoms with E-state index in [1.54, 1.807) is 11.3 Å². The van der Waals surface area contributed by atoms with Crippen LogP contribution in [0.1, 0.15) is 18.4 Å². The lowest BCUT2D eigenvalue weighted by atomic mass is 10.1. The highest BCUT2D eigenvalue weighted by molar-refractivity contribution is 7.07. The largest absolute Gasteiger partial charge is 0.325 e. The van der Waals surface area contributed by atoms with Crippen LogP contribution in [0.5, 0.6) is 0 Å². The minimum absolute atomic E-state index is 0.0616. The monoisotopic (exact) mass is 363 g/mol. The first-order chi connectivity index (χ1) is 12.8. The van der Waals surface area contributed by atoms with E-state index in [-0.39, 0.29) is 11.9 Å². The number of nitrogens with zero attached hydrogens (tertiary/aromatic N) is 2. The van der Waals surface area contributed by atoms with Crippen LogP contribution in [-0.4, -0.2) is 28.4 Å². The van der Waals surface area contributed by atoms with Gasteiger partial charge in [0.25, 0.3) is 0 Å². The number of rotatable bonds is 5. The van der Waals surface area contributed by atoms with Crippen LogP contribution in [0.25, 0.3) is 11.3 Å². The van der Waals surface area contributed by atoms with E-state index in [0.717, 1.165) is 42.9 Å². The summed E-state index contributed by atoms with van der Waals surface area (Å²) < 4.78 is 0. The zero-order valence-electron chi connectivity index (χ0n) is 14.5. The van der Waals surface area contributed by atoms with Crippen molar-refractivity contribution in [2.24, 2.45) is 0 Å². The molecule has 2 aromatic carbocycles. The first kappa shape index (κ1) is 16.9. The number of likely N-dealkylation sites (tertiary alicyclic amines) is 1. The van der Waals surface area contributed by atoms with Crippen LogP contribution in [0.2, 0.25) is 0 Å². The van der Waals surface area contributed by atoms with Gasteiger partial charge in [-0.25, -0.2) is 4.98 Å². The van der Waals surface area contributed by atoms with Crippen LogP contribution in [0.15, 0.2) is 65.5 Å². The molecule has 26 heavy (non-hydrogen) atoms. The number of carbonyl (C=O) groups is 1. The molecule has 1 atom stereocenters. The second-order valence-corrected chi connectivity index (χ2v) is 7.27. The normalized spacial score (nSPS) is 17.3. The van der Waals surface area contributed by atoms with Gasteiger partial charge >= 0.3 is 0 Å². The molecule has 1 aromatic heterocycles. The third-order valence-corrected chi connectivity index (χ3v) is 5.36. The van der Waals surface area contributed by atoms with Crippen molar-refractivity contribution in [2.45, 2.75) is 25.4 Å². The summed E-state index contributed by atoms with van der Waals surface area (Å²) in [5.41, 5.74) is 5.95. The standard InChI is InChI=1S/C21H21N3OS/c25-21(20-7-4-12-24(20)13-16-5-2-1-3-6-16)23-18-10-8-17(9-11-18)19-14-26-15-22-19/h1-3,5-6,8-11,14-15,20H,4,7,12-13H2,(H,23,25)/t20-/m0/s1. The maximum Gasteiger partial charge on any atom is 0.241 e. The van der Waals surface area contributed by atoms with Crippen molar-refractivity contribution in [3.05, 3.63) is 71.1 Å². The van der Waals surface area contributed by atoms with Crippen LogP contribution in [0.4, 0.5) is 5.69 Å². The molecule has 0 spiro atoms. The summed E-state index contributed by atoms with van der Waals surface area (Å²) in [7, 11) is 0. The lowest BCUT2D eigenvalue weighted by Crippen LogP contribution is -2.39. The number of carbonyl (C=O) groups excluding carboxylic acids is 1. The van der Waals surface area contributed by atoms with Gasteiger partial charge in [0.2, 0.25) is 5.91 Å². The van der Waals surface area contributed by atoms with Crippen LogP contribution in [0.3, 0.4) is 0 Å². The van der Waals surface area contributed by atoms with E-state index in [1.807, 2.05) is 53.4 Å². The fourth-order valence-electron chi connectivity index (χ4n) is 3.44. The lowest BCUT2D eigenvalue weighted by Gasteiger charge is -2.23. The summed E-state index contributed by atoms with van der Waals surface area (Å²) in [6.45, 7) is 1.79. The van der Waals surface area contributed by atoms with Crippen molar-refractivity contribution >= 4 is 22.9 Å². The number of amides is 1. The number of aromatic nitrogens is 1. The molecule has 3 aromatic rings. The molecule has 1 saturated heterocycles. The number of hydrogen-bond acceptors (Lipinski definition) is 4. The van der Waals surface area contributed by atoms with Crippen molar-refractivity contribution in [1.82, 2.24) is 9.88 Å². The van der Waals surface area contributed by atoms with E-state index in [2.05, 4.69) is 27.3 Å². The van der Waals surface area contributed by atoms with Crippen LogP contribution in [0, 0.1) is 0 Å². The minimum Gasteiger partial charge on any atom is -0.325 e. The van der Waals surface area contributed by atoms with E-state index in [9.17, 15) is 4.79 Å². The fourth-order valence-corrected chi connectivity index (χ4v) is 4.00. The summed E-state index contributed by atoms with van der Waals surface area (Å²) in [5.74, 6) is 0.0832. The smallest absolute Gasteiger partial charge is 0.241 e. The van der Waals surface area contributed by atoms with E-state index < -0.39 is 0 Å². The molecule has 0 aliphatic carbocycles. The number of hydrogen-bond donors (Lipinski definition) is 1. The summed E-state index contributed by atoms with van der Waals surface area (Å²) in [4.78, 5) is 19.4. The van der Waals surface area contributed by atoms with Crippen LogP contribution < -0.4 is 5.32 Å². The van der Waals surface area contributed by atoms with Gasteiger partial charge in [0.05, 0.1) is 17.2 Å². The average molecular weight is 363 g/mol. The van der Waals surface area contributed by atoms with E-state index in [0.29, 0.717) is 0 Å². The third-order valence-electron chi connectivity index (χ3n) is 4.78. The number of nitrogens with one attached hydrogen (secondary N) is 1. The molecule has 132 valence electrons. The zero-order valence-corrected chi connectivity index (χ0v) is 15.3. The molecule has 1 amide bonds. The number of thiazole rings is 1. The Balaban J connectivity index is 1.40. The molecule has 1 aliphatic heterocycles. The highest BCUT2D eigenvalue weighted by Crippen LogP contribution is 2.24. The lowest BCUT2D eigenvalue weighted by molar-refractivity contribution is -0.120. The van der Waals surface area contributed by atoms with Gasteiger partial charge < -0.3 is 5.32 Å². The molecule has 4 rings (SSSR count). The van der Waals surface area contributed by atoms with Crippen LogP contribution >= 0.6 is 11.3 Å². The second kappa shape index (κ2) is 7.81. The highest BCUT2D eigenvalue weighted by atomic mass is 32.1. The zero-order chi connectivity index (χ0) is 17.8. The van der Waals surface area contributed by atoms with Gasteiger partial charge in [-0.3, -0.25) is 9.69 Å². The SMILES string of the molecule is O=C(Nc1ccc(-c2cscn2)cc1)[C@@H]1CCCN1Cc1ccccc1. The third kappa shape index (κ3) is 3.84. The Hall–Kier alpha value is -2.50. The molecule has 0 saturated carbocycles. The molecule has 2 heterocycles. The summed E-state index contributed by atoms with van der Waals surface area (Å²) in [6.07, 6.45) is 1.98. The van der Waals surface area contributed by atoms with Gasteiger partial charge in [-0.1, -0.05) is 42.5 Å². The van der Waals surface area contributed by atoms with Gasteiger partial charge in [-0.05, 0) is 37.1 Å². The Morgan fingerprint density at radius 1 is 1.15 bits per heavy atom. The molecule has 1 aliphatic rings. The Kier molecular flexibility index (Phi) is 5.09. The number of benzene rings is 2. The second-order valence-electron chi connectivity index (χ2n) is 6.55. The van der Waals surface area contributed by atoms with Crippen molar-refractivity contribution in [3.8, 4) is 11.3 Å². The van der Waals surface area contributed by atoms with E-state index in [1.165, 1.54) is 5.56 Å². The maximum atomic E-state index is 12.8. The molecule has 4 nitrogen and oxygen atoms in total. The van der Waals surface area contributed by atoms with Crippen LogP contribution in [-0.2, 0) is 11.3 Å². The molecule has 5 heteroatoms. The average Bonchev–Trinajstić information content (AvgIpc) is 3.35. The molecule has 1 fully saturated rings. The predicted molar refractivity (Wildman–Crippen MR) is 106 cm³/mol. The van der Waals surface area contributed by atoms with Gasteiger partial charge in [-0.15, -0.1) is 11.3 Å². The van der Waals surface area contributed by atoms with Crippen molar-refractivity contribution < 1.29 is 4.79 Å². The molecular weight excluding hydrogens is 342 g/mol. The molecule has 0 bridgehead atoms. The quantitative estimate of drug-likeness (QED) is 0.730. The van der Waals surface area contributed by atoms with Crippen molar-refractivity contribution in [3.63, 3.8) is 0 Å². The van der Waals surface area contributed by atoms with Crippen molar-refractivity contribution in [2.75, 3.05) is 11.9 Å². The fraction of sp³-hybridized carbons (Fsp3) is 0.238.